The summed E-state index contributed by atoms with van der Waals surface area (Å²) in [6, 6.07) is 0.602. The van der Waals surface area contributed by atoms with Crippen molar-refractivity contribution in [3.05, 3.63) is 0 Å². The molecule has 2 saturated carbocycles. The highest BCUT2D eigenvalue weighted by molar-refractivity contribution is 5.13. The van der Waals surface area contributed by atoms with Crippen LogP contribution in [0.4, 0.5) is 0 Å². The molecule has 19 heavy (non-hydrogen) atoms. The van der Waals surface area contributed by atoms with Crippen molar-refractivity contribution < 1.29 is 5.11 Å². The van der Waals surface area contributed by atoms with Gasteiger partial charge in [0.15, 0.2) is 0 Å². The van der Waals surface area contributed by atoms with Gasteiger partial charge < -0.3 is 10.4 Å². The summed E-state index contributed by atoms with van der Waals surface area (Å²) in [6.45, 7) is 12.5. The molecule has 4 unspecified atom stereocenters. The third-order valence-corrected chi connectivity index (χ3v) is 6.96. The minimum absolute atomic E-state index is 0.180. The van der Waals surface area contributed by atoms with E-state index in [2.05, 4.69) is 39.9 Å². The highest BCUT2D eigenvalue weighted by atomic mass is 16.3. The molecule has 0 aromatic carbocycles. The van der Waals surface area contributed by atoms with Crippen LogP contribution in [0.1, 0.15) is 66.7 Å². The molecule has 2 aliphatic carbocycles. The van der Waals surface area contributed by atoms with E-state index in [4.69, 9.17) is 0 Å². The third kappa shape index (κ3) is 2.35. The SMILES string of the molecule is CCC(CC)C(O)CNC1CC2CCC1(C)C2(C)C. The number of fused-ring (bicyclic) bond motifs is 2. The fourth-order valence-electron chi connectivity index (χ4n) is 4.77. The van der Waals surface area contributed by atoms with Gasteiger partial charge in [-0.15, -0.1) is 0 Å². The van der Waals surface area contributed by atoms with Crippen LogP contribution in [-0.2, 0) is 0 Å². The maximum Gasteiger partial charge on any atom is 0.0692 e. The van der Waals surface area contributed by atoms with Gasteiger partial charge in [0, 0.05) is 12.6 Å². The predicted octanol–water partition coefficient (Wildman–Crippen LogP) is 3.59. The van der Waals surface area contributed by atoms with E-state index in [9.17, 15) is 5.11 Å². The normalized spacial score (nSPS) is 38.1. The topological polar surface area (TPSA) is 32.3 Å². The quantitative estimate of drug-likeness (QED) is 0.771. The maximum atomic E-state index is 10.3. The summed E-state index contributed by atoms with van der Waals surface area (Å²) in [5.74, 6) is 1.33. The summed E-state index contributed by atoms with van der Waals surface area (Å²) in [5, 5.41) is 14.0. The van der Waals surface area contributed by atoms with Gasteiger partial charge in [-0.2, -0.15) is 0 Å². The molecule has 0 heterocycles. The second kappa shape index (κ2) is 5.37. The van der Waals surface area contributed by atoms with E-state index in [0.29, 0.717) is 22.8 Å². The summed E-state index contributed by atoms with van der Waals surface area (Å²) < 4.78 is 0. The smallest absolute Gasteiger partial charge is 0.0692 e. The molecule has 2 heteroatoms. The number of aliphatic hydroxyl groups is 1. The molecule has 0 spiro atoms. The van der Waals surface area contributed by atoms with Crippen molar-refractivity contribution in [3.8, 4) is 0 Å². The van der Waals surface area contributed by atoms with Crippen molar-refractivity contribution in [1.82, 2.24) is 5.32 Å². The monoisotopic (exact) mass is 267 g/mol. The molecule has 0 amide bonds. The maximum absolute atomic E-state index is 10.3. The van der Waals surface area contributed by atoms with E-state index < -0.39 is 0 Å². The van der Waals surface area contributed by atoms with Crippen LogP contribution in [0.25, 0.3) is 0 Å². The minimum atomic E-state index is -0.180. The van der Waals surface area contributed by atoms with Gasteiger partial charge in [0.2, 0.25) is 0 Å². The van der Waals surface area contributed by atoms with Crippen molar-refractivity contribution in [1.29, 1.82) is 0 Å². The Hall–Kier alpha value is -0.0800. The molecule has 4 atom stereocenters. The summed E-state index contributed by atoms with van der Waals surface area (Å²) in [5.41, 5.74) is 0.885. The lowest BCUT2D eigenvalue weighted by Crippen LogP contribution is -2.47. The molecule has 2 aliphatic rings. The Kier molecular flexibility index (Phi) is 4.32. The average molecular weight is 267 g/mol. The first-order valence-electron chi connectivity index (χ1n) is 8.28. The first-order chi connectivity index (χ1) is 8.86. The lowest BCUT2D eigenvalue weighted by molar-refractivity contribution is 0.0774. The Morgan fingerprint density at radius 1 is 1.21 bits per heavy atom. The number of aliphatic hydroxyl groups excluding tert-OH is 1. The fourth-order valence-corrected chi connectivity index (χ4v) is 4.77. The summed E-state index contributed by atoms with van der Waals surface area (Å²) in [7, 11) is 0. The predicted molar refractivity (Wildman–Crippen MR) is 81.1 cm³/mol. The zero-order valence-electron chi connectivity index (χ0n) is 13.5. The number of rotatable bonds is 6. The van der Waals surface area contributed by atoms with Crippen molar-refractivity contribution >= 4 is 0 Å². The Labute approximate surface area is 119 Å². The van der Waals surface area contributed by atoms with Gasteiger partial charge >= 0.3 is 0 Å². The van der Waals surface area contributed by atoms with Crippen LogP contribution < -0.4 is 5.32 Å². The van der Waals surface area contributed by atoms with Crippen LogP contribution in [-0.4, -0.2) is 23.8 Å². The lowest BCUT2D eigenvalue weighted by Gasteiger charge is -2.40. The van der Waals surface area contributed by atoms with Crippen LogP contribution in [0.5, 0.6) is 0 Å². The van der Waals surface area contributed by atoms with Gasteiger partial charge in [-0.3, -0.25) is 0 Å². The van der Waals surface area contributed by atoms with E-state index >= 15 is 0 Å². The van der Waals surface area contributed by atoms with Gasteiger partial charge in [-0.25, -0.2) is 0 Å². The number of nitrogens with one attached hydrogen (secondary N) is 1. The van der Waals surface area contributed by atoms with Crippen LogP contribution in [0.2, 0.25) is 0 Å². The molecule has 112 valence electrons. The van der Waals surface area contributed by atoms with E-state index in [1.807, 2.05) is 0 Å². The molecule has 2 N–H and O–H groups in total. The first kappa shape index (κ1) is 15.3. The molecular weight excluding hydrogens is 234 g/mol. The highest BCUT2D eigenvalue weighted by Crippen LogP contribution is 2.65. The Morgan fingerprint density at radius 2 is 1.84 bits per heavy atom. The molecule has 0 radical (unpaired) electrons. The van der Waals surface area contributed by atoms with Crippen LogP contribution in [0, 0.1) is 22.7 Å². The molecule has 2 fully saturated rings. The van der Waals surface area contributed by atoms with Crippen LogP contribution >= 0.6 is 0 Å². The van der Waals surface area contributed by atoms with Gasteiger partial charge in [-0.05, 0) is 41.9 Å². The fraction of sp³-hybridized carbons (Fsp3) is 1.00. The number of hydrogen-bond acceptors (Lipinski definition) is 2. The molecule has 0 aromatic rings. The molecule has 0 aromatic heterocycles. The lowest BCUT2D eigenvalue weighted by atomic mass is 9.69. The third-order valence-electron chi connectivity index (χ3n) is 6.96. The summed E-state index contributed by atoms with van der Waals surface area (Å²) in [6.07, 6.45) is 6.03. The van der Waals surface area contributed by atoms with E-state index in [0.717, 1.165) is 25.3 Å². The van der Waals surface area contributed by atoms with Crippen LogP contribution in [0.15, 0.2) is 0 Å². The van der Waals surface area contributed by atoms with Gasteiger partial charge in [0.1, 0.15) is 0 Å². The van der Waals surface area contributed by atoms with Crippen molar-refractivity contribution in [2.75, 3.05) is 6.54 Å². The zero-order chi connectivity index (χ0) is 14.3. The van der Waals surface area contributed by atoms with Crippen molar-refractivity contribution in [2.45, 2.75) is 78.9 Å². The largest absolute Gasteiger partial charge is 0.392 e. The molecule has 2 nitrogen and oxygen atoms in total. The Bertz CT molecular complexity index is 310. The van der Waals surface area contributed by atoms with Gasteiger partial charge in [-0.1, -0.05) is 47.5 Å². The molecular formula is C17H33NO. The minimum Gasteiger partial charge on any atom is -0.392 e. The van der Waals surface area contributed by atoms with Gasteiger partial charge in [0.25, 0.3) is 0 Å². The molecule has 0 saturated heterocycles. The Balaban J connectivity index is 1.92. The van der Waals surface area contributed by atoms with Crippen molar-refractivity contribution in [2.24, 2.45) is 22.7 Å². The van der Waals surface area contributed by atoms with E-state index in [1.54, 1.807) is 0 Å². The zero-order valence-corrected chi connectivity index (χ0v) is 13.5. The van der Waals surface area contributed by atoms with Crippen LogP contribution in [0.3, 0.4) is 0 Å². The average Bonchev–Trinajstić information content (AvgIpc) is 2.70. The highest BCUT2D eigenvalue weighted by Gasteiger charge is 2.61. The summed E-state index contributed by atoms with van der Waals surface area (Å²) in [4.78, 5) is 0. The Morgan fingerprint density at radius 3 is 2.26 bits per heavy atom. The van der Waals surface area contributed by atoms with E-state index in [-0.39, 0.29) is 6.10 Å². The number of hydrogen-bond donors (Lipinski definition) is 2. The molecule has 2 bridgehead atoms. The molecule has 0 aliphatic heterocycles. The van der Waals surface area contributed by atoms with E-state index in [1.165, 1.54) is 19.3 Å². The van der Waals surface area contributed by atoms with Gasteiger partial charge in [0.05, 0.1) is 6.10 Å². The second-order valence-electron chi connectivity index (χ2n) is 7.72. The second-order valence-corrected chi connectivity index (χ2v) is 7.72. The first-order valence-corrected chi connectivity index (χ1v) is 8.28. The summed E-state index contributed by atoms with van der Waals surface area (Å²) >= 11 is 0. The van der Waals surface area contributed by atoms with Crippen molar-refractivity contribution in [3.63, 3.8) is 0 Å². The molecule has 2 rings (SSSR count). The standard InChI is InChI=1S/C17H33NO/c1-6-12(7-2)14(19)11-18-15-10-13-8-9-17(15,5)16(13,3)4/h12-15,18-19H,6-11H2,1-5H3.